The summed E-state index contributed by atoms with van der Waals surface area (Å²) in [5.41, 5.74) is 5.82. The topological polar surface area (TPSA) is 41.4 Å². The molecule has 1 saturated heterocycles. The van der Waals surface area contributed by atoms with Gasteiger partial charge in [-0.05, 0) is 36.8 Å². The summed E-state index contributed by atoms with van der Waals surface area (Å²) in [5, 5.41) is 4.71. The van der Waals surface area contributed by atoms with E-state index in [0.29, 0.717) is 18.3 Å². The number of benzene rings is 1. The molecule has 5 nitrogen and oxygen atoms in total. The van der Waals surface area contributed by atoms with Crippen molar-refractivity contribution in [3.8, 4) is 0 Å². The zero-order valence-corrected chi connectivity index (χ0v) is 17.4. The molecule has 1 unspecified atom stereocenters. The van der Waals surface area contributed by atoms with Gasteiger partial charge in [0, 0.05) is 62.0 Å². The number of hydrogen-bond acceptors (Lipinski definition) is 4. The van der Waals surface area contributed by atoms with Crippen LogP contribution in [0.3, 0.4) is 0 Å². The van der Waals surface area contributed by atoms with Crippen molar-refractivity contribution in [2.75, 3.05) is 31.1 Å². The molecule has 1 aromatic carbocycles. The maximum Gasteiger partial charge on any atom is 0.274 e. The van der Waals surface area contributed by atoms with Gasteiger partial charge in [-0.3, -0.25) is 14.4 Å². The maximum atomic E-state index is 13.4. The quantitative estimate of drug-likeness (QED) is 0.782. The molecule has 3 heterocycles. The minimum atomic E-state index is 0.112. The molecule has 2 aliphatic heterocycles. The second kappa shape index (κ2) is 7.56. The van der Waals surface area contributed by atoms with E-state index in [1.54, 1.807) is 0 Å². The smallest absolute Gasteiger partial charge is 0.274 e. The number of nitrogens with zero attached hydrogens (tertiary/aromatic N) is 4. The van der Waals surface area contributed by atoms with E-state index in [1.807, 2.05) is 16.6 Å². The van der Waals surface area contributed by atoms with Gasteiger partial charge in [-0.15, -0.1) is 0 Å². The van der Waals surface area contributed by atoms with E-state index in [2.05, 4.69) is 40.9 Å². The SMILES string of the molecule is Cn1nc(C(=O)N2CCc3ccccc3C2)c2c1CCC(N1CCSCC1)C2. The number of hydrogen-bond donors (Lipinski definition) is 0. The van der Waals surface area contributed by atoms with Gasteiger partial charge in [-0.2, -0.15) is 16.9 Å². The first-order valence-electron chi connectivity index (χ1n) is 10.4. The van der Waals surface area contributed by atoms with Crippen LogP contribution in [0.15, 0.2) is 24.3 Å². The van der Waals surface area contributed by atoms with Crippen molar-refractivity contribution < 1.29 is 4.79 Å². The van der Waals surface area contributed by atoms with E-state index < -0.39 is 0 Å². The fraction of sp³-hybridized carbons (Fsp3) is 0.545. The average molecular weight is 397 g/mol. The van der Waals surface area contributed by atoms with Crippen LogP contribution in [0.2, 0.25) is 0 Å². The lowest BCUT2D eigenvalue weighted by Crippen LogP contribution is -2.44. The van der Waals surface area contributed by atoms with Crippen LogP contribution in [0.4, 0.5) is 0 Å². The molecule has 5 rings (SSSR count). The number of carbonyl (C=O) groups excluding carboxylic acids is 1. The molecule has 148 valence electrons. The predicted octanol–water partition coefficient (Wildman–Crippen LogP) is 2.52. The highest BCUT2D eigenvalue weighted by molar-refractivity contribution is 7.99. The molecule has 3 aliphatic rings. The molecule has 0 radical (unpaired) electrons. The lowest BCUT2D eigenvalue weighted by Gasteiger charge is -2.36. The Hall–Kier alpha value is -1.79. The number of aryl methyl sites for hydroxylation is 1. The molecular formula is C22H28N4OS. The summed E-state index contributed by atoms with van der Waals surface area (Å²) < 4.78 is 1.96. The molecular weight excluding hydrogens is 368 g/mol. The summed E-state index contributed by atoms with van der Waals surface area (Å²) >= 11 is 2.05. The summed E-state index contributed by atoms with van der Waals surface area (Å²) in [7, 11) is 2.00. The average Bonchev–Trinajstić information content (AvgIpc) is 3.09. The number of amides is 1. The number of carbonyl (C=O) groups is 1. The second-order valence-corrected chi connectivity index (χ2v) is 9.41. The first-order valence-corrected chi connectivity index (χ1v) is 11.6. The van der Waals surface area contributed by atoms with Crippen molar-refractivity contribution in [1.82, 2.24) is 19.6 Å². The third kappa shape index (κ3) is 3.26. The Morgan fingerprint density at radius 3 is 2.71 bits per heavy atom. The van der Waals surface area contributed by atoms with Crippen LogP contribution in [0, 0.1) is 0 Å². The molecule has 1 amide bonds. The zero-order valence-electron chi connectivity index (χ0n) is 16.6. The molecule has 1 fully saturated rings. The molecule has 6 heteroatoms. The van der Waals surface area contributed by atoms with Crippen molar-refractivity contribution in [3.63, 3.8) is 0 Å². The summed E-state index contributed by atoms with van der Waals surface area (Å²) in [6.45, 7) is 3.84. The van der Waals surface area contributed by atoms with Gasteiger partial charge in [0.15, 0.2) is 5.69 Å². The Balaban J connectivity index is 1.39. The van der Waals surface area contributed by atoms with Crippen LogP contribution < -0.4 is 0 Å². The standard InChI is InChI=1S/C22H28N4OS/c1-24-20-7-6-18(25-10-12-28-13-11-25)14-19(20)21(23-24)22(27)26-9-8-16-4-2-3-5-17(16)15-26/h2-5,18H,6-15H2,1H3. The highest BCUT2D eigenvalue weighted by atomic mass is 32.2. The van der Waals surface area contributed by atoms with Gasteiger partial charge < -0.3 is 4.90 Å². The fourth-order valence-electron chi connectivity index (χ4n) is 5.02. The van der Waals surface area contributed by atoms with Crippen LogP contribution in [0.5, 0.6) is 0 Å². The van der Waals surface area contributed by atoms with E-state index in [4.69, 9.17) is 5.10 Å². The minimum Gasteiger partial charge on any atom is -0.333 e. The summed E-state index contributed by atoms with van der Waals surface area (Å²) in [4.78, 5) is 18.0. The Bertz CT molecular complexity index is 887. The molecule has 2 aromatic rings. The predicted molar refractivity (Wildman–Crippen MR) is 113 cm³/mol. The van der Waals surface area contributed by atoms with E-state index >= 15 is 0 Å². The van der Waals surface area contributed by atoms with Crippen LogP contribution in [-0.4, -0.2) is 62.7 Å². The van der Waals surface area contributed by atoms with Gasteiger partial charge in [0.05, 0.1) is 0 Å². The molecule has 0 spiro atoms. The fourth-order valence-corrected chi connectivity index (χ4v) is 5.95. The highest BCUT2D eigenvalue weighted by Gasteiger charge is 2.33. The molecule has 0 saturated carbocycles. The van der Waals surface area contributed by atoms with Crippen molar-refractivity contribution in [2.45, 2.75) is 38.3 Å². The van der Waals surface area contributed by atoms with Crippen LogP contribution in [0.25, 0.3) is 0 Å². The molecule has 1 aliphatic carbocycles. The number of fused-ring (bicyclic) bond motifs is 2. The number of rotatable bonds is 2. The first kappa shape index (κ1) is 18.3. The largest absolute Gasteiger partial charge is 0.333 e. The third-order valence-electron chi connectivity index (χ3n) is 6.61. The maximum absolute atomic E-state index is 13.4. The normalized spacial score (nSPS) is 22.6. The monoisotopic (exact) mass is 396 g/mol. The summed E-state index contributed by atoms with van der Waals surface area (Å²) in [6, 6.07) is 9.04. The molecule has 0 N–H and O–H groups in total. The zero-order chi connectivity index (χ0) is 19.1. The number of aromatic nitrogens is 2. The Kier molecular flexibility index (Phi) is 4.93. The lowest BCUT2D eigenvalue weighted by atomic mass is 9.89. The Morgan fingerprint density at radius 2 is 1.89 bits per heavy atom. The van der Waals surface area contributed by atoms with Crippen molar-refractivity contribution in [3.05, 3.63) is 52.3 Å². The van der Waals surface area contributed by atoms with Gasteiger partial charge in [0.1, 0.15) is 0 Å². The lowest BCUT2D eigenvalue weighted by molar-refractivity contribution is 0.0726. The van der Waals surface area contributed by atoms with E-state index in [1.165, 1.54) is 53.4 Å². The second-order valence-electron chi connectivity index (χ2n) is 8.19. The van der Waals surface area contributed by atoms with Crippen LogP contribution >= 0.6 is 11.8 Å². The van der Waals surface area contributed by atoms with E-state index in [0.717, 1.165) is 25.8 Å². The van der Waals surface area contributed by atoms with Gasteiger partial charge >= 0.3 is 0 Å². The van der Waals surface area contributed by atoms with Crippen molar-refractivity contribution in [2.24, 2.45) is 7.05 Å². The Labute approximate surface area is 171 Å². The third-order valence-corrected chi connectivity index (χ3v) is 7.55. The molecule has 0 bridgehead atoms. The number of thioether (sulfide) groups is 1. The minimum absolute atomic E-state index is 0.112. The van der Waals surface area contributed by atoms with Gasteiger partial charge in [-0.25, -0.2) is 0 Å². The highest BCUT2D eigenvalue weighted by Crippen LogP contribution is 2.30. The molecule has 1 aromatic heterocycles. The van der Waals surface area contributed by atoms with Crippen molar-refractivity contribution in [1.29, 1.82) is 0 Å². The van der Waals surface area contributed by atoms with Gasteiger partial charge in [0.25, 0.3) is 5.91 Å². The summed E-state index contributed by atoms with van der Waals surface area (Å²) in [5.74, 6) is 2.58. The van der Waals surface area contributed by atoms with Crippen LogP contribution in [-0.2, 0) is 32.9 Å². The van der Waals surface area contributed by atoms with Crippen molar-refractivity contribution >= 4 is 17.7 Å². The van der Waals surface area contributed by atoms with Gasteiger partial charge in [0.2, 0.25) is 0 Å². The van der Waals surface area contributed by atoms with E-state index in [9.17, 15) is 4.79 Å². The Morgan fingerprint density at radius 1 is 1.11 bits per heavy atom. The summed E-state index contributed by atoms with van der Waals surface area (Å²) in [6.07, 6.45) is 4.12. The molecule has 28 heavy (non-hydrogen) atoms. The van der Waals surface area contributed by atoms with Crippen LogP contribution in [0.1, 0.15) is 39.3 Å². The van der Waals surface area contributed by atoms with E-state index in [-0.39, 0.29) is 5.91 Å². The molecule has 1 atom stereocenters. The van der Waals surface area contributed by atoms with Gasteiger partial charge in [-0.1, -0.05) is 24.3 Å². The first-order chi connectivity index (χ1) is 13.7.